The zero-order valence-corrected chi connectivity index (χ0v) is 10.4. The third-order valence-electron chi connectivity index (χ3n) is 2.82. The summed E-state index contributed by atoms with van der Waals surface area (Å²) in [6.45, 7) is 3.56. The topological polar surface area (TPSA) is 26.3 Å². The van der Waals surface area contributed by atoms with Crippen molar-refractivity contribution in [3.05, 3.63) is 17.4 Å². The average molecular weight is 222 g/mol. The summed E-state index contributed by atoms with van der Waals surface area (Å²) in [5.41, 5.74) is 4.71. The number of esters is 1. The standard InChI is InChI=1S/C14H22O2/c1-3-7-14(16-12(2)15)11-10-13-8-5-4-6-9-13/h11,14H,3-9H2,1-2H3/t14-/m0/s1. The van der Waals surface area contributed by atoms with E-state index in [2.05, 4.69) is 12.7 Å². The van der Waals surface area contributed by atoms with Crippen LogP contribution < -0.4 is 0 Å². The molecule has 0 heterocycles. The van der Waals surface area contributed by atoms with Gasteiger partial charge in [-0.25, -0.2) is 0 Å². The fraction of sp³-hybridized carbons (Fsp3) is 0.714. The molecule has 0 unspecified atom stereocenters. The minimum absolute atomic E-state index is 0.0862. The van der Waals surface area contributed by atoms with E-state index in [1.807, 2.05) is 6.08 Å². The SMILES string of the molecule is CCC[C@@H](C=C=C1CCCCC1)OC(C)=O. The van der Waals surface area contributed by atoms with Crippen LogP contribution in [-0.2, 0) is 9.53 Å². The minimum atomic E-state index is -0.204. The van der Waals surface area contributed by atoms with E-state index >= 15 is 0 Å². The van der Waals surface area contributed by atoms with E-state index in [-0.39, 0.29) is 12.1 Å². The Labute approximate surface area is 98.4 Å². The summed E-state index contributed by atoms with van der Waals surface area (Å²) in [5, 5.41) is 0. The van der Waals surface area contributed by atoms with Gasteiger partial charge in [0.1, 0.15) is 6.10 Å². The Morgan fingerprint density at radius 1 is 1.44 bits per heavy atom. The van der Waals surface area contributed by atoms with Crippen LogP contribution in [0.25, 0.3) is 0 Å². The maximum atomic E-state index is 10.9. The van der Waals surface area contributed by atoms with Crippen molar-refractivity contribution in [2.24, 2.45) is 0 Å². The average Bonchev–Trinajstić information content (AvgIpc) is 2.27. The van der Waals surface area contributed by atoms with Crippen molar-refractivity contribution >= 4 is 5.97 Å². The van der Waals surface area contributed by atoms with Crippen LogP contribution in [-0.4, -0.2) is 12.1 Å². The predicted octanol–water partition coefficient (Wildman–Crippen LogP) is 3.76. The van der Waals surface area contributed by atoms with E-state index in [0.717, 1.165) is 25.7 Å². The number of carbonyl (C=O) groups is 1. The summed E-state index contributed by atoms with van der Waals surface area (Å²) in [6, 6.07) is 0. The number of rotatable bonds is 4. The molecule has 1 saturated carbocycles. The maximum absolute atomic E-state index is 10.9. The van der Waals surface area contributed by atoms with Crippen molar-refractivity contribution in [1.82, 2.24) is 0 Å². The first-order valence-electron chi connectivity index (χ1n) is 6.34. The minimum Gasteiger partial charge on any atom is -0.458 e. The van der Waals surface area contributed by atoms with E-state index in [1.54, 1.807) is 0 Å². The molecule has 0 aromatic carbocycles. The second-order valence-electron chi connectivity index (χ2n) is 4.41. The first-order valence-corrected chi connectivity index (χ1v) is 6.34. The Kier molecular flexibility index (Phi) is 5.95. The molecule has 90 valence electrons. The van der Waals surface area contributed by atoms with Crippen LogP contribution in [0.1, 0.15) is 58.8 Å². The number of carbonyl (C=O) groups excluding carboxylic acids is 1. The highest BCUT2D eigenvalue weighted by molar-refractivity contribution is 5.66. The molecule has 0 spiro atoms. The van der Waals surface area contributed by atoms with E-state index in [4.69, 9.17) is 4.74 Å². The fourth-order valence-corrected chi connectivity index (χ4v) is 2.01. The molecule has 1 rings (SSSR count). The molecular formula is C14H22O2. The highest BCUT2D eigenvalue weighted by Crippen LogP contribution is 2.21. The molecule has 0 saturated heterocycles. The van der Waals surface area contributed by atoms with Crippen molar-refractivity contribution in [2.75, 3.05) is 0 Å². The van der Waals surface area contributed by atoms with Crippen LogP contribution in [0.15, 0.2) is 17.4 Å². The van der Waals surface area contributed by atoms with Gasteiger partial charge in [0.25, 0.3) is 0 Å². The summed E-state index contributed by atoms with van der Waals surface area (Å²) in [7, 11) is 0. The third kappa shape index (κ3) is 5.18. The monoisotopic (exact) mass is 222 g/mol. The van der Waals surface area contributed by atoms with Crippen LogP contribution in [0, 0.1) is 0 Å². The predicted molar refractivity (Wildman–Crippen MR) is 65.1 cm³/mol. The molecule has 0 aliphatic heterocycles. The first-order chi connectivity index (χ1) is 7.72. The maximum Gasteiger partial charge on any atom is 0.303 e. The molecule has 16 heavy (non-hydrogen) atoms. The van der Waals surface area contributed by atoms with Crippen LogP contribution in [0.4, 0.5) is 0 Å². The molecule has 0 bridgehead atoms. The van der Waals surface area contributed by atoms with Gasteiger partial charge in [-0.3, -0.25) is 4.79 Å². The molecule has 1 aliphatic rings. The lowest BCUT2D eigenvalue weighted by atomic mass is 9.95. The normalized spacial score (nSPS) is 17.5. The number of hydrogen-bond acceptors (Lipinski definition) is 2. The van der Waals surface area contributed by atoms with Gasteiger partial charge in [-0.05, 0) is 43.8 Å². The van der Waals surface area contributed by atoms with Gasteiger partial charge in [-0.1, -0.05) is 19.8 Å². The molecule has 0 radical (unpaired) electrons. The summed E-state index contributed by atoms with van der Waals surface area (Å²) >= 11 is 0. The highest BCUT2D eigenvalue weighted by atomic mass is 16.5. The van der Waals surface area contributed by atoms with Gasteiger partial charge >= 0.3 is 5.97 Å². The quantitative estimate of drug-likeness (QED) is 0.534. The zero-order valence-electron chi connectivity index (χ0n) is 10.4. The summed E-state index contributed by atoms with van der Waals surface area (Å²) in [4.78, 5) is 10.9. The van der Waals surface area contributed by atoms with Gasteiger partial charge in [0, 0.05) is 6.92 Å². The lowest BCUT2D eigenvalue weighted by molar-refractivity contribution is -0.144. The van der Waals surface area contributed by atoms with E-state index in [9.17, 15) is 4.79 Å². The third-order valence-corrected chi connectivity index (χ3v) is 2.82. The Morgan fingerprint density at radius 3 is 2.69 bits per heavy atom. The smallest absolute Gasteiger partial charge is 0.303 e. The Morgan fingerprint density at radius 2 is 2.12 bits per heavy atom. The van der Waals surface area contributed by atoms with E-state index < -0.39 is 0 Å². The van der Waals surface area contributed by atoms with Crippen molar-refractivity contribution in [3.8, 4) is 0 Å². The molecule has 0 N–H and O–H groups in total. The Balaban J connectivity index is 2.57. The molecule has 1 atom stereocenters. The second-order valence-corrected chi connectivity index (χ2v) is 4.41. The molecule has 1 aliphatic carbocycles. The van der Waals surface area contributed by atoms with Crippen molar-refractivity contribution in [2.45, 2.75) is 64.9 Å². The highest BCUT2D eigenvalue weighted by Gasteiger charge is 2.07. The molecule has 2 nitrogen and oxygen atoms in total. The van der Waals surface area contributed by atoms with Crippen molar-refractivity contribution in [1.29, 1.82) is 0 Å². The van der Waals surface area contributed by atoms with Gasteiger partial charge in [-0.15, -0.1) is 5.73 Å². The van der Waals surface area contributed by atoms with Gasteiger partial charge in [0.15, 0.2) is 0 Å². The second kappa shape index (κ2) is 7.29. The molecule has 0 aromatic rings. The summed E-state index contributed by atoms with van der Waals surface area (Å²) in [5.74, 6) is -0.204. The molecular weight excluding hydrogens is 200 g/mol. The lowest BCUT2D eigenvalue weighted by Crippen LogP contribution is -2.12. The van der Waals surface area contributed by atoms with Gasteiger partial charge in [-0.2, -0.15) is 0 Å². The van der Waals surface area contributed by atoms with Crippen LogP contribution in [0.2, 0.25) is 0 Å². The van der Waals surface area contributed by atoms with Gasteiger partial charge in [0.2, 0.25) is 0 Å². The Hall–Kier alpha value is -1.01. The molecule has 2 heteroatoms. The molecule has 0 aromatic heterocycles. The van der Waals surface area contributed by atoms with Gasteiger partial charge in [0.05, 0.1) is 0 Å². The van der Waals surface area contributed by atoms with E-state index in [0.29, 0.717) is 0 Å². The van der Waals surface area contributed by atoms with Crippen molar-refractivity contribution < 1.29 is 9.53 Å². The van der Waals surface area contributed by atoms with Crippen LogP contribution >= 0.6 is 0 Å². The largest absolute Gasteiger partial charge is 0.458 e. The van der Waals surface area contributed by atoms with Crippen LogP contribution in [0.5, 0.6) is 0 Å². The number of hydrogen-bond donors (Lipinski definition) is 0. The van der Waals surface area contributed by atoms with Gasteiger partial charge < -0.3 is 4.74 Å². The summed E-state index contributed by atoms with van der Waals surface area (Å²) < 4.78 is 5.21. The van der Waals surface area contributed by atoms with Crippen molar-refractivity contribution in [3.63, 3.8) is 0 Å². The molecule has 0 amide bonds. The first kappa shape index (κ1) is 13.1. The lowest BCUT2D eigenvalue weighted by Gasteiger charge is -2.12. The summed E-state index contributed by atoms with van der Waals surface area (Å²) in [6.07, 6.45) is 9.98. The van der Waals surface area contributed by atoms with Crippen LogP contribution in [0.3, 0.4) is 0 Å². The molecule has 1 fully saturated rings. The fourth-order valence-electron chi connectivity index (χ4n) is 2.01. The van der Waals surface area contributed by atoms with E-state index in [1.165, 1.54) is 31.8 Å². The zero-order chi connectivity index (χ0) is 11.8. The number of ether oxygens (including phenoxy) is 1. The Bertz CT molecular complexity index is 277.